The summed E-state index contributed by atoms with van der Waals surface area (Å²) < 4.78 is 10.9. The zero-order valence-electron chi connectivity index (χ0n) is 18.7. The highest BCUT2D eigenvalue weighted by molar-refractivity contribution is 6.01. The minimum atomic E-state index is -0.501. The SMILES string of the molecule is COC1=CN=CC(c2cc(C)c3c(n2)C(C)(C)N(C2CCN([C@@H]4CCOC4)N2)C3=O)C1. The number of hydrazine groups is 1. The molecule has 31 heavy (non-hydrogen) atoms. The molecule has 166 valence electrons. The summed E-state index contributed by atoms with van der Waals surface area (Å²) in [5.41, 5.74) is 6.61. The zero-order chi connectivity index (χ0) is 21.8. The molecule has 5 rings (SSSR count). The normalized spacial score (nSPS) is 30.1. The number of nitrogens with one attached hydrogen (secondary N) is 1. The molecule has 4 aliphatic rings. The molecule has 5 heterocycles. The first-order chi connectivity index (χ1) is 14.9. The van der Waals surface area contributed by atoms with Crippen molar-refractivity contribution in [2.24, 2.45) is 4.99 Å². The van der Waals surface area contributed by atoms with Crippen LogP contribution in [0.2, 0.25) is 0 Å². The number of aryl methyl sites for hydroxylation is 1. The molecule has 0 radical (unpaired) electrons. The van der Waals surface area contributed by atoms with Gasteiger partial charge in [-0.15, -0.1) is 0 Å². The second kappa shape index (κ2) is 7.69. The van der Waals surface area contributed by atoms with Crippen LogP contribution < -0.4 is 5.43 Å². The molecule has 1 aromatic rings. The van der Waals surface area contributed by atoms with Gasteiger partial charge in [0.25, 0.3) is 5.91 Å². The van der Waals surface area contributed by atoms with Gasteiger partial charge in [-0.1, -0.05) is 0 Å². The lowest BCUT2D eigenvalue weighted by Crippen LogP contribution is -2.54. The van der Waals surface area contributed by atoms with Crippen LogP contribution in [0.25, 0.3) is 0 Å². The number of allylic oxidation sites excluding steroid dienone is 1. The van der Waals surface area contributed by atoms with Crippen molar-refractivity contribution in [1.29, 1.82) is 0 Å². The Kier molecular flexibility index (Phi) is 5.11. The number of carbonyl (C=O) groups is 1. The van der Waals surface area contributed by atoms with E-state index in [4.69, 9.17) is 14.5 Å². The highest BCUT2D eigenvalue weighted by Gasteiger charge is 2.50. The Morgan fingerprint density at radius 3 is 2.90 bits per heavy atom. The number of amides is 1. The van der Waals surface area contributed by atoms with E-state index in [1.807, 2.05) is 24.1 Å². The third-order valence-electron chi connectivity index (χ3n) is 7.01. The molecule has 8 nitrogen and oxygen atoms in total. The molecule has 2 fully saturated rings. The third kappa shape index (κ3) is 3.37. The number of hydrogen-bond donors (Lipinski definition) is 1. The number of rotatable bonds is 4. The molecule has 0 bridgehead atoms. The van der Waals surface area contributed by atoms with Gasteiger partial charge in [0, 0.05) is 43.4 Å². The van der Waals surface area contributed by atoms with E-state index in [2.05, 4.69) is 29.3 Å². The number of carbonyl (C=O) groups excluding carboxylic acids is 1. The molecule has 1 amide bonds. The first kappa shape index (κ1) is 20.6. The van der Waals surface area contributed by atoms with Gasteiger partial charge in [0.15, 0.2) is 0 Å². The van der Waals surface area contributed by atoms with Crippen molar-refractivity contribution >= 4 is 12.1 Å². The topological polar surface area (TPSA) is 79.3 Å². The minimum absolute atomic E-state index is 0.0422. The Labute approximate surface area is 183 Å². The smallest absolute Gasteiger partial charge is 0.258 e. The van der Waals surface area contributed by atoms with E-state index in [0.717, 1.165) is 67.3 Å². The van der Waals surface area contributed by atoms with Gasteiger partial charge in [0.2, 0.25) is 0 Å². The van der Waals surface area contributed by atoms with Crippen LogP contribution in [0.4, 0.5) is 0 Å². The van der Waals surface area contributed by atoms with Crippen LogP contribution in [0.3, 0.4) is 0 Å². The summed E-state index contributed by atoms with van der Waals surface area (Å²) in [6.07, 6.45) is 6.27. The second-order valence-corrected chi connectivity index (χ2v) is 9.37. The first-order valence-corrected chi connectivity index (χ1v) is 11.1. The van der Waals surface area contributed by atoms with Crippen LogP contribution in [-0.4, -0.2) is 66.1 Å². The van der Waals surface area contributed by atoms with Crippen molar-refractivity contribution in [3.63, 3.8) is 0 Å². The Hall–Kier alpha value is -2.29. The maximum atomic E-state index is 13.6. The lowest BCUT2D eigenvalue weighted by Gasteiger charge is -2.37. The predicted molar refractivity (Wildman–Crippen MR) is 117 cm³/mol. The summed E-state index contributed by atoms with van der Waals surface area (Å²) in [5, 5.41) is 2.26. The van der Waals surface area contributed by atoms with Crippen molar-refractivity contribution in [1.82, 2.24) is 20.3 Å². The third-order valence-corrected chi connectivity index (χ3v) is 7.01. The van der Waals surface area contributed by atoms with Crippen molar-refractivity contribution in [2.45, 2.75) is 63.7 Å². The van der Waals surface area contributed by atoms with Gasteiger partial charge in [0.1, 0.15) is 5.76 Å². The predicted octanol–water partition coefficient (Wildman–Crippen LogP) is 2.45. The Balaban J connectivity index is 1.43. The van der Waals surface area contributed by atoms with Crippen LogP contribution in [-0.2, 0) is 15.0 Å². The van der Waals surface area contributed by atoms with Gasteiger partial charge in [0.05, 0.1) is 42.9 Å². The summed E-state index contributed by atoms with van der Waals surface area (Å²) in [6, 6.07) is 2.42. The number of ether oxygens (including phenoxy) is 2. The molecule has 4 aliphatic heterocycles. The number of fused-ring (bicyclic) bond motifs is 1. The number of nitrogens with zero attached hydrogens (tertiary/aromatic N) is 4. The van der Waals surface area contributed by atoms with E-state index in [1.54, 1.807) is 13.3 Å². The fourth-order valence-electron chi connectivity index (χ4n) is 5.31. The number of hydrogen-bond acceptors (Lipinski definition) is 7. The van der Waals surface area contributed by atoms with E-state index in [9.17, 15) is 4.79 Å². The van der Waals surface area contributed by atoms with Crippen molar-refractivity contribution in [2.75, 3.05) is 26.9 Å². The molecule has 1 aromatic heterocycles. The molecule has 3 atom stereocenters. The van der Waals surface area contributed by atoms with Gasteiger partial charge < -0.3 is 14.4 Å². The van der Waals surface area contributed by atoms with Crippen LogP contribution in [0, 0.1) is 6.92 Å². The van der Waals surface area contributed by atoms with Crippen molar-refractivity contribution in [3.8, 4) is 0 Å². The van der Waals surface area contributed by atoms with E-state index >= 15 is 0 Å². The Morgan fingerprint density at radius 2 is 2.16 bits per heavy atom. The molecule has 0 saturated carbocycles. The first-order valence-electron chi connectivity index (χ1n) is 11.1. The van der Waals surface area contributed by atoms with Gasteiger partial charge in [-0.2, -0.15) is 0 Å². The summed E-state index contributed by atoms with van der Waals surface area (Å²) in [6.45, 7) is 8.69. The molecule has 0 aromatic carbocycles. The van der Waals surface area contributed by atoms with Crippen molar-refractivity contribution < 1.29 is 14.3 Å². The molecular formula is C23H31N5O3. The number of methoxy groups -OCH3 is 1. The minimum Gasteiger partial charge on any atom is -0.499 e. The van der Waals surface area contributed by atoms with Gasteiger partial charge in [-0.25, -0.2) is 10.4 Å². The number of aromatic nitrogens is 1. The summed E-state index contributed by atoms with van der Waals surface area (Å²) in [5.74, 6) is 0.954. The van der Waals surface area contributed by atoms with Crippen LogP contribution in [0.1, 0.15) is 66.3 Å². The fraction of sp³-hybridized carbons (Fsp3) is 0.609. The molecule has 2 saturated heterocycles. The summed E-state index contributed by atoms with van der Waals surface area (Å²) in [4.78, 5) is 24.9. The highest BCUT2D eigenvalue weighted by Crippen LogP contribution is 2.42. The number of aliphatic imine (C=N–C) groups is 1. The van der Waals surface area contributed by atoms with Crippen LogP contribution >= 0.6 is 0 Å². The molecule has 1 N–H and O–H groups in total. The highest BCUT2D eigenvalue weighted by atomic mass is 16.5. The second-order valence-electron chi connectivity index (χ2n) is 9.37. The average molecular weight is 426 g/mol. The lowest BCUT2D eigenvalue weighted by atomic mass is 9.93. The van der Waals surface area contributed by atoms with Gasteiger partial charge >= 0.3 is 0 Å². The monoisotopic (exact) mass is 425 g/mol. The fourth-order valence-corrected chi connectivity index (χ4v) is 5.31. The molecular weight excluding hydrogens is 394 g/mol. The zero-order valence-corrected chi connectivity index (χ0v) is 18.7. The van der Waals surface area contributed by atoms with E-state index in [0.29, 0.717) is 6.04 Å². The maximum Gasteiger partial charge on any atom is 0.258 e. The van der Waals surface area contributed by atoms with E-state index < -0.39 is 5.54 Å². The van der Waals surface area contributed by atoms with E-state index in [1.165, 1.54) is 0 Å². The maximum absolute atomic E-state index is 13.6. The van der Waals surface area contributed by atoms with Crippen molar-refractivity contribution in [3.05, 3.63) is 40.5 Å². The summed E-state index contributed by atoms with van der Waals surface area (Å²) in [7, 11) is 1.67. The largest absolute Gasteiger partial charge is 0.499 e. The standard InChI is InChI=1S/C23H31N5O3/c1-14-9-18(15-10-17(30-4)12-24-11-15)25-21-20(14)22(29)28(23(21,2)3)19-5-7-27(26-19)16-6-8-31-13-16/h9,11-12,15-16,19,26H,5-8,10,13H2,1-4H3/t15?,16-,19?/m1/s1. The Bertz CT molecular complexity index is 951. The number of pyridine rings is 1. The average Bonchev–Trinajstić information content (AvgIpc) is 3.48. The summed E-state index contributed by atoms with van der Waals surface area (Å²) >= 11 is 0. The van der Waals surface area contributed by atoms with Gasteiger partial charge in [-0.05, 0) is 45.2 Å². The lowest BCUT2D eigenvalue weighted by molar-refractivity contribution is 0.0299. The molecule has 8 heteroatoms. The van der Waals surface area contributed by atoms with Crippen LogP contribution in [0.5, 0.6) is 0 Å². The molecule has 2 unspecified atom stereocenters. The Morgan fingerprint density at radius 1 is 1.32 bits per heavy atom. The van der Waals surface area contributed by atoms with E-state index in [-0.39, 0.29) is 18.0 Å². The quantitative estimate of drug-likeness (QED) is 0.798. The van der Waals surface area contributed by atoms with Crippen LogP contribution in [0.15, 0.2) is 23.0 Å². The molecule has 0 aliphatic carbocycles. The van der Waals surface area contributed by atoms with Gasteiger partial charge in [-0.3, -0.25) is 14.8 Å². The molecule has 0 spiro atoms.